The smallest absolute Gasteiger partial charge is 0.176 e. The number of aliphatic hydroxyl groups is 8. The Balaban J connectivity index is 0.00000612. The monoisotopic (exact) mass is 537 g/mol. The first kappa shape index (κ1) is 32.4. The zero-order chi connectivity index (χ0) is 25.7. The lowest BCUT2D eigenvalue weighted by Gasteiger charge is -2.47. The fraction of sp³-hybridized carbons (Fsp3) is 0.944. The van der Waals surface area contributed by atoms with Gasteiger partial charge in [-0.15, -0.1) is 12.4 Å². The summed E-state index contributed by atoms with van der Waals surface area (Å²) in [5.74, 6) is 0. The van der Waals surface area contributed by atoms with E-state index in [4.69, 9.17) is 36.1 Å². The summed E-state index contributed by atoms with van der Waals surface area (Å²) in [6.07, 6.45) is -16.7. The van der Waals surface area contributed by atoms with Gasteiger partial charge in [0.15, 0.2) is 12.6 Å². The predicted molar refractivity (Wildman–Crippen MR) is 116 cm³/mol. The number of carbonyl (C=O) groups excluding carboxylic acids is 1. The molecule has 14 atom stereocenters. The largest absolute Gasteiger partial charge is 0.394 e. The van der Waals surface area contributed by atoms with E-state index in [2.05, 4.69) is 0 Å². The maximum atomic E-state index is 10.9. The van der Waals surface area contributed by atoms with E-state index in [-0.39, 0.29) is 18.7 Å². The average molecular weight is 538 g/mol. The molecule has 0 aromatic carbocycles. The molecule has 0 aromatic rings. The van der Waals surface area contributed by atoms with Gasteiger partial charge in [-0.2, -0.15) is 0 Å². The van der Waals surface area contributed by atoms with Crippen molar-refractivity contribution in [1.29, 1.82) is 0 Å². The molecule has 2 saturated heterocycles. The van der Waals surface area contributed by atoms with Crippen LogP contribution in [-0.4, -0.2) is 153 Å². The fourth-order valence-electron chi connectivity index (χ4n) is 3.72. The highest BCUT2D eigenvalue weighted by Gasteiger charge is 2.50. The minimum atomic E-state index is -1.79. The molecular weight excluding hydrogens is 502 g/mol. The van der Waals surface area contributed by atoms with Crippen molar-refractivity contribution in [2.75, 3.05) is 19.8 Å². The highest BCUT2D eigenvalue weighted by molar-refractivity contribution is 5.85. The van der Waals surface area contributed by atoms with Crippen LogP contribution >= 0.6 is 12.4 Å². The Morgan fingerprint density at radius 3 is 1.94 bits per heavy atom. The molecule has 0 saturated carbocycles. The van der Waals surface area contributed by atoms with Crippen molar-refractivity contribution in [3.05, 3.63) is 0 Å². The molecule has 0 unspecified atom stereocenters. The quantitative estimate of drug-likeness (QED) is 0.109. The second-order valence-electron chi connectivity index (χ2n) is 8.23. The molecule has 0 amide bonds. The molecule has 0 radical (unpaired) electrons. The van der Waals surface area contributed by atoms with Gasteiger partial charge in [-0.1, -0.05) is 0 Å². The molecule has 14 N–H and O–H groups in total. The number of rotatable bonds is 11. The van der Waals surface area contributed by atoms with Gasteiger partial charge in [0.2, 0.25) is 0 Å². The van der Waals surface area contributed by atoms with Crippen LogP contribution in [0.15, 0.2) is 0 Å². The number of nitrogens with two attached hydrogens (primary N) is 3. The third-order valence-corrected chi connectivity index (χ3v) is 5.87. The van der Waals surface area contributed by atoms with Gasteiger partial charge in [0.25, 0.3) is 0 Å². The maximum absolute atomic E-state index is 10.9. The summed E-state index contributed by atoms with van der Waals surface area (Å²) in [5, 5.41) is 79.3. The van der Waals surface area contributed by atoms with Crippen LogP contribution in [0.3, 0.4) is 0 Å². The Kier molecular flexibility index (Phi) is 13.3. The van der Waals surface area contributed by atoms with Crippen LogP contribution in [0.2, 0.25) is 0 Å². The van der Waals surface area contributed by atoms with Gasteiger partial charge in [-0.3, -0.25) is 0 Å². The number of aliphatic hydroxyl groups excluding tert-OH is 8. The van der Waals surface area contributed by atoms with E-state index in [0.717, 1.165) is 0 Å². The summed E-state index contributed by atoms with van der Waals surface area (Å²) in [7, 11) is 0. The van der Waals surface area contributed by atoms with Gasteiger partial charge in [0.1, 0.15) is 61.2 Å². The van der Waals surface area contributed by atoms with Crippen molar-refractivity contribution >= 4 is 18.7 Å². The lowest BCUT2D eigenvalue weighted by Crippen LogP contribution is -2.68. The predicted octanol–water partition coefficient (Wildman–Crippen LogP) is -7.41. The topological polar surface area (TPSA) is 294 Å². The van der Waals surface area contributed by atoms with Gasteiger partial charge in [0.05, 0.1) is 37.9 Å². The van der Waals surface area contributed by atoms with Crippen molar-refractivity contribution < 1.29 is 64.6 Å². The van der Waals surface area contributed by atoms with Crippen LogP contribution in [0, 0.1) is 0 Å². The molecule has 2 aliphatic rings. The van der Waals surface area contributed by atoms with E-state index in [1.54, 1.807) is 0 Å². The molecule has 0 aromatic heterocycles. The van der Waals surface area contributed by atoms with Gasteiger partial charge in [0, 0.05) is 0 Å². The number of halogens is 1. The summed E-state index contributed by atoms with van der Waals surface area (Å²) in [6.45, 7) is -2.31. The molecular formula is C18H36ClN3O13. The molecule has 2 aliphatic heterocycles. The third-order valence-electron chi connectivity index (χ3n) is 5.87. The first-order chi connectivity index (χ1) is 16.0. The van der Waals surface area contributed by atoms with Crippen LogP contribution in [0.25, 0.3) is 0 Å². The van der Waals surface area contributed by atoms with Crippen LogP contribution < -0.4 is 17.2 Å². The van der Waals surface area contributed by atoms with E-state index >= 15 is 0 Å². The SMILES string of the molecule is Cl.N[C@H]1[C@H](O[C@H]2[C@H](O)[C@@H](N)[C@H](O[C@@H]([C@H](O)[C@@H](N)C=O)[C@H](O)CO)O[C@@H]2CO)O[C@H](CO)[C@@H](O)[C@@H]1O. The van der Waals surface area contributed by atoms with E-state index < -0.39 is 105 Å². The number of hydrogen-bond acceptors (Lipinski definition) is 16. The van der Waals surface area contributed by atoms with E-state index in [9.17, 15) is 45.6 Å². The Bertz CT molecular complexity index is 638. The van der Waals surface area contributed by atoms with Gasteiger partial charge in [-0.25, -0.2) is 0 Å². The van der Waals surface area contributed by atoms with Gasteiger partial charge < -0.3 is 81.8 Å². The normalized spacial score (nSPS) is 41.3. The summed E-state index contributed by atoms with van der Waals surface area (Å²) >= 11 is 0. The standard InChI is InChI=1S/C18H35N3O13.ClH/c19-5(1-22)11(27)15(6(26)2-23)33-18-10(21)14(30)16(8(4-25)32-18)34-17-9(20)13(29)12(28)7(3-24)31-17;/h1,5-18,23-30H,2-4,19-21H2;1H/t5-,6+,7+,8+,9+,10+,11+,12+,13+,14+,15+,16+,17-,18-;/m0./s1. The molecule has 16 nitrogen and oxygen atoms in total. The molecule has 35 heavy (non-hydrogen) atoms. The van der Waals surface area contributed by atoms with E-state index in [0.29, 0.717) is 0 Å². The summed E-state index contributed by atoms with van der Waals surface area (Å²) in [5.41, 5.74) is 17.3. The Morgan fingerprint density at radius 1 is 0.886 bits per heavy atom. The van der Waals surface area contributed by atoms with Crippen LogP contribution in [0.5, 0.6) is 0 Å². The number of carbonyl (C=O) groups is 1. The molecule has 0 aliphatic carbocycles. The molecule has 2 heterocycles. The first-order valence-corrected chi connectivity index (χ1v) is 10.6. The van der Waals surface area contributed by atoms with Crippen LogP contribution in [0.1, 0.15) is 0 Å². The summed E-state index contributed by atoms with van der Waals surface area (Å²) in [4.78, 5) is 10.9. The lowest BCUT2D eigenvalue weighted by molar-refractivity contribution is -0.338. The summed E-state index contributed by atoms with van der Waals surface area (Å²) in [6, 6.07) is -4.23. The molecule has 0 spiro atoms. The minimum absolute atomic E-state index is 0. The van der Waals surface area contributed by atoms with Crippen molar-refractivity contribution in [3.63, 3.8) is 0 Å². The minimum Gasteiger partial charge on any atom is -0.394 e. The molecule has 0 bridgehead atoms. The van der Waals surface area contributed by atoms with Gasteiger partial charge >= 0.3 is 0 Å². The third kappa shape index (κ3) is 7.23. The zero-order valence-electron chi connectivity index (χ0n) is 18.5. The molecule has 17 heteroatoms. The second kappa shape index (κ2) is 14.3. The summed E-state index contributed by atoms with van der Waals surface area (Å²) < 4.78 is 21.9. The van der Waals surface area contributed by atoms with Gasteiger partial charge in [-0.05, 0) is 0 Å². The van der Waals surface area contributed by atoms with Crippen molar-refractivity contribution in [2.24, 2.45) is 17.2 Å². The van der Waals surface area contributed by atoms with E-state index in [1.807, 2.05) is 0 Å². The molecule has 2 rings (SSSR count). The van der Waals surface area contributed by atoms with Crippen molar-refractivity contribution in [1.82, 2.24) is 0 Å². The fourth-order valence-corrected chi connectivity index (χ4v) is 3.72. The lowest BCUT2D eigenvalue weighted by atomic mass is 9.95. The zero-order valence-corrected chi connectivity index (χ0v) is 19.4. The Morgan fingerprint density at radius 2 is 1.43 bits per heavy atom. The van der Waals surface area contributed by atoms with Crippen molar-refractivity contribution in [2.45, 2.75) is 85.6 Å². The Hall–Kier alpha value is -0.640. The van der Waals surface area contributed by atoms with Crippen molar-refractivity contribution in [3.8, 4) is 0 Å². The Labute approximate surface area is 206 Å². The second-order valence-corrected chi connectivity index (χ2v) is 8.23. The highest BCUT2D eigenvalue weighted by Crippen LogP contribution is 2.29. The molecule has 208 valence electrons. The number of hydrogen-bond donors (Lipinski definition) is 11. The first-order valence-electron chi connectivity index (χ1n) is 10.6. The highest BCUT2D eigenvalue weighted by atomic mass is 35.5. The maximum Gasteiger partial charge on any atom is 0.176 e. The van der Waals surface area contributed by atoms with E-state index in [1.165, 1.54) is 0 Å². The molecule has 2 fully saturated rings. The average Bonchev–Trinajstić information content (AvgIpc) is 2.84. The van der Waals surface area contributed by atoms with Crippen LogP contribution in [-0.2, 0) is 23.7 Å². The number of aldehydes is 1. The van der Waals surface area contributed by atoms with Crippen LogP contribution in [0.4, 0.5) is 0 Å². The number of ether oxygens (including phenoxy) is 4.